The summed E-state index contributed by atoms with van der Waals surface area (Å²) >= 11 is 5.85. The molecule has 66 valence electrons. The van der Waals surface area contributed by atoms with Crippen molar-refractivity contribution < 1.29 is 0 Å². The summed E-state index contributed by atoms with van der Waals surface area (Å²) in [4.78, 5) is 3.48. The third-order valence-corrected chi connectivity index (χ3v) is 2.62. The van der Waals surface area contributed by atoms with Gasteiger partial charge in [-0.1, -0.05) is 37.3 Å². The average molecular weight is 200 g/mol. The van der Waals surface area contributed by atoms with Crippen LogP contribution in [0.1, 0.15) is 0 Å². The van der Waals surface area contributed by atoms with Crippen LogP contribution in [-0.2, 0) is 0 Å². The standard InChI is InChI=1S/C9H14ClNSi/c1-12(2,3)11-9-6-4-5-8(10)7-9/h4-7,11H,1-3H3. The van der Waals surface area contributed by atoms with Gasteiger partial charge >= 0.3 is 0 Å². The Hall–Kier alpha value is -0.473. The van der Waals surface area contributed by atoms with Crippen LogP contribution in [0.15, 0.2) is 24.3 Å². The van der Waals surface area contributed by atoms with Crippen LogP contribution < -0.4 is 4.98 Å². The second-order valence-corrected chi connectivity index (χ2v) is 9.07. The molecule has 0 aliphatic carbocycles. The molecule has 1 rings (SSSR count). The normalized spacial score (nSPS) is 11.3. The first-order valence-corrected chi connectivity index (χ1v) is 7.89. The van der Waals surface area contributed by atoms with Gasteiger partial charge in [-0.2, -0.15) is 0 Å². The Kier molecular flexibility index (Phi) is 2.80. The van der Waals surface area contributed by atoms with Gasteiger partial charge in [-0.3, -0.25) is 0 Å². The highest BCUT2D eigenvalue weighted by Crippen LogP contribution is 2.17. The average Bonchev–Trinajstić information content (AvgIpc) is 1.82. The van der Waals surface area contributed by atoms with Crippen LogP contribution in [0, 0.1) is 0 Å². The van der Waals surface area contributed by atoms with Gasteiger partial charge in [0.2, 0.25) is 0 Å². The van der Waals surface area contributed by atoms with Crippen molar-refractivity contribution in [3.8, 4) is 0 Å². The zero-order chi connectivity index (χ0) is 9.19. The lowest BCUT2D eigenvalue weighted by atomic mass is 10.3. The van der Waals surface area contributed by atoms with Gasteiger partial charge in [-0.25, -0.2) is 0 Å². The van der Waals surface area contributed by atoms with Gasteiger partial charge in [-0.15, -0.1) is 0 Å². The van der Waals surface area contributed by atoms with E-state index in [9.17, 15) is 0 Å². The molecule has 0 heterocycles. The minimum Gasteiger partial charge on any atom is -0.411 e. The second-order valence-electron chi connectivity index (χ2n) is 3.89. The lowest BCUT2D eigenvalue weighted by Crippen LogP contribution is -2.32. The molecular weight excluding hydrogens is 186 g/mol. The van der Waals surface area contributed by atoms with Gasteiger partial charge in [0.1, 0.15) is 8.24 Å². The molecule has 0 saturated heterocycles. The summed E-state index contributed by atoms with van der Waals surface area (Å²) < 4.78 is 0. The molecule has 1 nitrogen and oxygen atoms in total. The summed E-state index contributed by atoms with van der Waals surface area (Å²) in [5, 5.41) is 0.790. The Morgan fingerprint density at radius 2 is 1.92 bits per heavy atom. The van der Waals surface area contributed by atoms with Gasteiger partial charge in [0.25, 0.3) is 0 Å². The van der Waals surface area contributed by atoms with E-state index in [1.54, 1.807) is 0 Å². The molecule has 0 aliphatic rings. The minimum absolute atomic E-state index is 0.790. The first-order chi connectivity index (χ1) is 5.47. The SMILES string of the molecule is C[Si](C)(C)Nc1cccc(Cl)c1. The van der Waals surface area contributed by atoms with Crippen LogP contribution in [0.5, 0.6) is 0 Å². The minimum atomic E-state index is -1.23. The summed E-state index contributed by atoms with van der Waals surface area (Å²) in [5.74, 6) is 0. The Morgan fingerprint density at radius 3 is 2.42 bits per heavy atom. The van der Waals surface area contributed by atoms with Crippen molar-refractivity contribution in [2.24, 2.45) is 0 Å². The molecule has 0 radical (unpaired) electrons. The third kappa shape index (κ3) is 3.28. The highest BCUT2D eigenvalue weighted by Gasteiger charge is 2.12. The number of anilines is 1. The van der Waals surface area contributed by atoms with Crippen molar-refractivity contribution >= 4 is 25.5 Å². The van der Waals surface area contributed by atoms with E-state index in [1.807, 2.05) is 24.3 Å². The van der Waals surface area contributed by atoms with Crippen molar-refractivity contribution in [3.63, 3.8) is 0 Å². The first kappa shape index (κ1) is 9.61. The van der Waals surface area contributed by atoms with Crippen LogP contribution >= 0.6 is 11.6 Å². The van der Waals surface area contributed by atoms with E-state index in [0.29, 0.717) is 0 Å². The smallest absolute Gasteiger partial charge is 0.144 e. The van der Waals surface area contributed by atoms with Gasteiger partial charge in [0.15, 0.2) is 0 Å². The van der Waals surface area contributed by atoms with Gasteiger partial charge in [0.05, 0.1) is 0 Å². The van der Waals surface area contributed by atoms with Gasteiger partial charge in [0, 0.05) is 10.7 Å². The maximum Gasteiger partial charge on any atom is 0.144 e. The second kappa shape index (κ2) is 3.50. The number of halogens is 1. The molecular formula is C9H14ClNSi. The molecule has 1 N–H and O–H groups in total. The zero-order valence-corrected chi connectivity index (χ0v) is 9.44. The zero-order valence-electron chi connectivity index (χ0n) is 7.69. The molecule has 3 heteroatoms. The maximum atomic E-state index is 5.85. The number of hydrogen-bond acceptors (Lipinski definition) is 1. The number of benzene rings is 1. The van der Waals surface area contributed by atoms with Crippen LogP contribution in [0.3, 0.4) is 0 Å². The fraction of sp³-hybridized carbons (Fsp3) is 0.333. The predicted molar refractivity (Wildman–Crippen MR) is 58.4 cm³/mol. The topological polar surface area (TPSA) is 12.0 Å². The quantitative estimate of drug-likeness (QED) is 0.718. The lowest BCUT2D eigenvalue weighted by molar-refractivity contribution is 1.57. The molecule has 0 aromatic heterocycles. The molecule has 0 amide bonds. The van der Waals surface area contributed by atoms with Crippen LogP contribution in [0.2, 0.25) is 24.7 Å². The Balaban J connectivity index is 2.77. The molecule has 0 bridgehead atoms. The summed E-state index contributed by atoms with van der Waals surface area (Å²) in [7, 11) is -1.23. The Morgan fingerprint density at radius 1 is 1.25 bits per heavy atom. The molecule has 0 fully saturated rings. The van der Waals surface area contributed by atoms with E-state index >= 15 is 0 Å². The monoisotopic (exact) mass is 199 g/mol. The van der Waals surface area contributed by atoms with Gasteiger partial charge < -0.3 is 4.98 Å². The van der Waals surface area contributed by atoms with E-state index in [-0.39, 0.29) is 0 Å². The van der Waals surface area contributed by atoms with Crippen molar-refractivity contribution in [3.05, 3.63) is 29.3 Å². The summed E-state index contributed by atoms with van der Waals surface area (Å²) in [6, 6.07) is 7.85. The van der Waals surface area contributed by atoms with Crippen LogP contribution in [0.25, 0.3) is 0 Å². The summed E-state index contributed by atoms with van der Waals surface area (Å²) in [6.07, 6.45) is 0. The fourth-order valence-corrected chi connectivity index (χ4v) is 2.21. The molecule has 1 aromatic carbocycles. The Labute approximate surface area is 79.8 Å². The largest absolute Gasteiger partial charge is 0.411 e. The molecule has 12 heavy (non-hydrogen) atoms. The lowest BCUT2D eigenvalue weighted by Gasteiger charge is -2.19. The fourth-order valence-electron chi connectivity index (χ4n) is 0.999. The van der Waals surface area contributed by atoms with E-state index < -0.39 is 8.24 Å². The van der Waals surface area contributed by atoms with Crippen LogP contribution in [-0.4, -0.2) is 8.24 Å². The van der Waals surface area contributed by atoms with Crippen molar-refractivity contribution in [1.29, 1.82) is 0 Å². The van der Waals surface area contributed by atoms with Gasteiger partial charge in [-0.05, 0) is 18.2 Å². The maximum absolute atomic E-state index is 5.85. The molecule has 0 atom stereocenters. The van der Waals surface area contributed by atoms with Crippen molar-refractivity contribution in [2.75, 3.05) is 4.98 Å². The molecule has 0 saturated carbocycles. The third-order valence-electron chi connectivity index (χ3n) is 1.34. The van der Waals surface area contributed by atoms with Crippen LogP contribution in [0.4, 0.5) is 5.69 Å². The summed E-state index contributed by atoms with van der Waals surface area (Å²) in [6.45, 7) is 6.77. The molecule has 1 aromatic rings. The van der Waals surface area contributed by atoms with E-state index in [1.165, 1.54) is 0 Å². The van der Waals surface area contributed by atoms with Crippen molar-refractivity contribution in [2.45, 2.75) is 19.6 Å². The van der Waals surface area contributed by atoms with E-state index in [4.69, 9.17) is 11.6 Å². The van der Waals surface area contributed by atoms with Crippen molar-refractivity contribution in [1.82, 2.24) is 0 Å². The summed E-state index contributed by atoms with van der Waals surface area (Å²) in [5.41, 5.74) is 1.13. The molecule has 0 unspecified atom stereocenters. The Bertz CT molecular complexity index is 267. The molecule has 0 aliphatic heterocycles. The predicted octanol–water partition coefficient (Wildman–Crippen LogP) is 3.59. The first-order valence-electron chi connectivity index (χ1n) is 4.01. The highest BCUT2D eigenvalue weighted by molar-refractivity contribution is 6.79. The van der Waals surface area contributed by atoms with E-state index in [2.05, 4.69) is 24.6 Å². The number of nitrogens with one attached hydrogen (secondary N) is 1. The highest BCUT2D eigenvalue weighted by atomic mass is 35.5. The molecule has 0 spiro atoms. The number of hydrogen-bond donors (Lipinski definition) is 1. The van der Waals surface area contributed by atoms with E-state index in [0.717, 1.165) is 10.7 Å². The number of rotatable bonds is 2.